The van der Waals surface area contributed by atoms with Crippen molar-refractivity contribution in [3.05, 3.63) is 65.6 Å². The number of imidazole rings is 1. The van der Waals surface area contributed by atoms with Crippen molar-refractivity contribution in [1.82, 2.24) is 9.38 Å². The second-order valence-electron chi connectivity index (χ2n) is 5.18. The molecule has 0 unspecified atom stereocenters. The molecule has 120 valence electrons. The molecule has 0 spiro atoms. The molecule has 0 fully saturated rings. The SMILES string of the molecule is CCOC(=O)Nc1ccn2cc(C)nc2c1C#Cc1ccccc1. The average Bonchev–Trinajstić information content (AvgIpc) is 2.95. The van der Waals surface area contributed by atoms with Crippen LogP contribution in [0.3, 0.4) is 0 Å². The minimum atomic E-state index is -0.507. The van der Waals surface area contributed by atoms with Gasteiger partial charge in [-0.15, -0.1) is 0 Å². The molecule has 1 amide bonds. The van der Waals surface area contributed by atoms with Crippen LogP contribution in [0.4, 0.5) is 10.5 Å². The molecule has 0 radical (unpaired) electrons. The first-order chi connectivity index (χ1) is 11.7. The lowest BCUT2D eigenvalue weighted by Crippen LogP contribution is -2.14. The van der Waals surface area contributed by atoms with E-state index in [2.05, 4.69) is 22.1 Å². The fourth-order valence-corrected chi connectivity index (χ4v) is 2.33. The average molecular weight is 319 g/mol. The summed E-state index contributed by atoms with van der Waals surface area (Å²) in [5.41, 5.74) is 3.71. The number of hydrogen-bond donors (Lipinski definition) is 1. The molecule has 5 heteroatoms. The van der Waals surface area contributed by atoms with E-state index in [4.69, 9.17) is 4.74 Å². The van der Waals surface area contributed by atoms with E-state index >= 15 is 0 Å². The van der Waals surface area contributed by atoms with Crippen LogP contribution in [0, 0.1) is 18.8 Å². The topological polar surface area (TPSA) is 55.6 Å². The number of carbonyl (C=O) groups is 1. The van der Waals surface area contributed by atoms with E-state index < -0.39 is 6.09 Å². The summed E-state index contributed by atoms with van der Waals surface area (Å²) >= 11 is 0. The zero-order valence-corrected chi connectivity index (χ0v) is 13.5. The Morgan fingerprint density at radius 1 is 1.25 bits per heavy atom. The van der Waals surface area contributed by atoms with Gasteiger partial charge in [0.05, 0.1) is 23.6 Å². The van der Waals surface area contributed by atoms with Crippen LogP contribution in [0.2, 0.25) is 0 Å². The Bertz CT molecular complexity index is 934. The van der Waals surface area contributed by atoms with E-state index in [1.165, 1.54) is 0 Å². The van der Waals surface area contributed by atoms with Gasteiger partial charge in [-0.1, -0.05) is 30.0 Å². The Morgan fingerprint density at radius 3 is 2.79 bits per heavy atom. The minimum absolute atomic E-state index is 0.307. The number of aryl methyl sites for hydroxylation is 1. The van der Waals surface area contributed by atoms with Crippen LogP contribution in [-0.4, -0.2) is 22.1 Å². The molecule has 2 aromatic heterocycles. The smallest absolute Gasteiger partial charge is 0.411 e. The number of amides is 1. The normalized spacial score (nSPS) is 10.1. The number of pyridine rings is 1. The standard InChI is InChI=1S/C19H17N3O2/c1-3-24-19(23)21-17-11-12-22-13-14(2)20-18(22)16(17)10-9-15-7-5-4-6-8-15/h4-8,11-13H,3H2,1-2H3,(H,21,23). The number of rotatable bonds is 2. The summed E-state index contributed by atoms with van der Waals surface area (Å²) in [7, 11) is 0. The fraction of sp³-hybridized carbons (Fsp3) is 0.158. The van der Waals surface area contributed by atoms with Crippen LogP contribution in [0.15, 0.2) is 48.8 Å². The second-order valence-corrected chi connectivity index (χ2v) is 5.18. The van der Waals surface area contributed by atoms with Gasteiger partial charge in [0.25, 0.3) is 0 Å². The second kappa shape index (κ2) is 6.88. The number of hydrogen-bond acceptors (Lipinski definition) is 3. The minimum Gasteiger partial charge on any atom is -0.450 e. The summed E-state index contributed by atoms with van der Waals surface area (Å²) in [6.45, 7) is 3.98. The van der Waals surface area contributed by atoms with Crippen molar-refractivity contribution in [3.8, 4) is 11.8 Å². The van der Waals surface area contributed by atoms with E-state index in [0.29, 0.717) is 23.5 Å². The molecule has 1 aromatic carbocycles. The van der Waals surface area contributed by atoms with Crippen LogP contribution < -0.4 is 5.32 Å². The van der Waals surface area contributed by atoms with Gasteiger partial charge in [-0.05, 0) is 32.0 Å². The number of anilines is 1. The van der Waals surface area contributed by atoms with Crippen molar-refractivity contribution in [3.63, 3.8) is 0 Å². The van der Waals surface area contributed by atoms with Gasteiger partial charge < -0.3 is 9.14 Å². The van der Waals surface area contributed by atoms with Crippen molar-refractivity contribution in [2.75, 3.05) is 11.9 Å². The highest BCUT2D eigenvalue weighted by molar-refractivity contribution is 5.88. The molecule has 24 heavy (non-hydrogen) atoms. The van der Waals surface area contributed by atoms with Gasteiger partial charge in [0.15, 0.2) is 5.65 Å². The van der Waals surface area contributed by atoms with Crippen LogP contribution in [0.1, 0.15) is 23.7 Å². The summed E-state index contributed by atoms with van der Waals surface area (Å²) in [4.78, 5) is 16.3. The third kappa shape index (κ3) is 3.39. The molecule has 2 heterocycles. The van der Waals surface area contributed by atoms with E-state index in [1.54, 1.807) is 13.0 Å². The molecule has 0 saturated heterocycles. The molecular formula is C19H17N3O2. The van der Waals surface area contributed by atoms with Crippen LogP contribution in [-0.2, 0) is 4.74 Å². The number of ether oxygens (including phenoxy) is 1. The zero-order valence-electron chi connectivity index (χ0n) is 13.5. The van der Waals surface area contributed by atoms with Crippen LogP contribution in [0.5, 0.6) is 0 Å². The predicted octanol–water partition coefficient (Wildman–Crippen LogP) is 3.61. The van der Waals surface area contributed by atoms with Crippen LogP contribution in [0.25, 0.3) is 5.65 Å². The highest BCUT2D eigenvalue weighted by atomic mass is 16.5. The zero-order chi connectivity index (χ0) is 16.9. The summed E-state index contributed by atoms with van der Waals surface area (Å²) in [5, 5.41) is 2.73. The molecule has 0 aliphatic heterocycles. The van der Waals surface area contributed by atoms with Gasteiger partial charge >= 0.3 is 6.09 Å². The third-order valence-corrected chi connectivity index (χ3v) is 3.37. The molecule has 3 aromatic rings. The number of nitrogens with zero attached hydrogens (tertiary/aromatic N) is 2. The van der Waals surface area contributed by atoms with Crippen molar-refractivity contribution >= 4 is 17.4 Å². The van der Waals surface area contributed by atoms with Crippen molar-refractivity contribution < 1.29 is 9.53 Å². The number of fused-ring (bicyclic) bond motifs is 1. The Hall–Kier alpha value is -3.26. The Labute approximate surface area is 140 Å². The lowest BCUT2D eigenvalue weighted by Gasteiger charge is -2.08. The predicted molar refractivity (Wildman–Crippen MR) is 93.0 cm³/mol. The molecule has 0 bridgehead atoms. The third-order valence-electron chi connectivity index (χ3n) is 3.37. The van der Waals surface area contributed by atoms with E-state index in [0.717, 1.165) is 11.3 Å². The Kier molecular flexibility index (Phi) is 4.48. The Balaban J connectivity index is 2.07. The maximum Gasteiger partial charge on any atom is 0.411 e. The van der Waals surface area contributed by atoms with Crippen molar-refractivity contribution in [1.29, 1.82) is 0 Å². The summed E-state index contributed by atoms with van der Waals surface area (Å²) in [5.74, 6) is 6.24. The molecule has 0 saturated carbocycles. The quantitative estimate of drug-likeness (QED) is 0.734. The van der Waals surface area contributed by atoms with Gasteiger partial charge in [-0.25, -0.2) is 9.78 Å². The summed E-state index contributed by atoms with van der Waals surface area (Å²) < 4.78 is 6.84. The molecule has 3 rings (SSSR count). The summed E-state index contributed by atoms with van der Waals surface area (Å²) in [6, 6.07) is 11.5. The van der Waals surface area contributed by atoms with Crippen LogP contribution >= 0.6 is 0 Å². The van der Waals surface area contributed by atoms with E-state index in [9.17, 15) is 4.79 Å². The largest absolute Gasteiger partial charge is 0.450 e. The fourth-order valence-electron chi connectivity index (χ4n) is 2.33. The first-order valence-corrected chi connectivity index (χ1v) is 7.66. The van der Waals surface area contributed by atoms with E-state index in [1.807, 2.05) is 54.0 Å². The number of benzene rings is 1. The van der Waals surface area contributed by atoms with Crippen molar-refractivity contribution in [2.24, 2.45) is 0 Å². The lowest BCUT2D eigenvalue weighted by atomic mass is 10.2. The van der Waals surface area contributed by atoms with Crippen molar-refractivity contribution in [2.45, 2.75) is 13.8 Å². The molecular weight excluding hydrogens is 302 g/mol. The molecule has 0 atom stereocenters. The molecule has 1 N–H and O–H groups in total. The van der Waals surface area contributed by atoms with E-state index in [-0.39, 0.29) is 0 Å². The first kappa shape index (κ1) is 15.6. The highest BCUT2D eigenvalue weighted by Crippen LogP contribution is 2.20. The first-order valence-electron chi connectivity index (χ1n) is 7.66. The van der Waals surface area contributed by atoms with Gasteiger partial charge in [0.1, 0.15) is 0 Å². The molecule has 5 nitrogen and oxygen atoms in total. The Morgan fingerprint density at radius 2 is 2.04 bits per heavy atom. The van der Waals surface area contributed by atoms with Gasteiger partial charge in [-0.3, -0.25) is 5.32 Å². The van der Waals surface area contributed by atoms with Gasteiger partial charge in [0, 0.05) is 18.0 Å². The lowest BCUT2D eigenvalue weighted by molar-refractivity contribution is 0.168. The number of aromatic nitrogens is 2. The van der Waals surface area contributed by atoms with Gasteiger partial charge in [0.2, 0.25) is 0 Å². The van der Waals surface area contributed by atoms with Gasteiger partial charge in [-0.2, -0.15) is 0 Å². The highest BCUT2D eigenvalue weighted by Gasteiger charge is 2.11. The number of nitrogens with one attached hydrogen (secondary N) is 1. The maximum absolute atomic E-state index is 11.8. The molecule has 0 aliphatic carbocycles. The maximum atomic E-state index is 11.8. The monoisotopic (exact) mass is 319 g/mol. The molecule has 0 aliphatic rings. The summed E-state index contributed by atoms with van der Waals surface area (Å²) in [6.07, 6.45) is 3.25. The number of carbonyl (C=O) groups excluding carboxylic acids is 1.